The van der Waals surface area contributed by atoms with Gasteiger partial charge in [-0.25, -0.2) is 9.18 Å². The first-order chi connectivity index (χ1) is 14.2. The van der Waals surface area contributed by atoms with Crippen LogP contribution >= 0.6 is 0 Å². The van der Waals surface area contributed by atoms with Crippen LogP contribution in [0.15, 0.2) is 48.5 Å². The van der Waals surface area contributed by atoms with E-state index in [-0.39, 0.29) is 29.9 Å². The number of alkyl halides is 3. The Hall–Kier alpha value is -3.96. The van der Waals surface area contributed by atoms with E-state index < -0.39 is 23.9 Å². The molecule has 1 aromatic heterocycles. The summed E-state index contributed by atoms with van der Waals surface area (Å²) in [5.74, 6) is -1.77. The van der Waals surface area contributed by atoms with Crippen molar-refractivity contribution in [3.63, 3.8) is 0 Å². The van der Waals surface area contributed by atoms with E-state index in [2.05, 4.69) is 25.0 Å². The van der Waals surface area contributed by atoms with Crippen LogP contribution in [0.2, 0.25) is 0 Å². The first-order valence-electron chi connectivity index (χ1n) is 8.24. The zero-order chi connectivity index (χ0) is 21.7. The molecule has 0 amide bonds. The maximum absolute atomic E-state index is 13.0. The smallest absolute Gasteiger partial charge is 0.454 e. The van der Waals surface area contributed by atoms with Crippen LogP contribution in [-0.4, -0.2) is 27.3 Å². The van der Waals surface area contributed by atoms with Gasteiger partial charge in [0.1, 0.15) is 11.6 Å². The Bertz CT molecular complexity index is 1030. The quantitative estimate of drug-likeness (QED) is 0.457. The summed E-state index contributed by atoms with van der Waals surface area (Å²) in [6.45, 7) is -0.371. The number of nitrogen functional groups attached to an aromatic ring is 1. The number of carbonyl (C=O) groups is 1. The fourth-order valence-electron chi connectivity index (χ4n) is 2.23. The van der Waals surface area contributed by atoms with Crippen LogP contribution in [-0.2, 0) is 11.3 Å². The third-order valence-corrected chi connectivity index (χ3v) is 3.46. The molecule has 3 rings (SSSR count). The van der Waals surface area contributed by atoms with Crippen molar-refractivity contribution in [3.8, 4) is 5.75 Å². The lowest BCUT2D eigenvalue weighted by Crippen LogP contribution is -2.17. The zero-order valence-corrected chi connectivity index (χ0v) is 15.0. The van der Waals surface area contributed by atoms with Crippen molar-refractivity contribution in [2.45, 2.75) is 13.0 Å². The number of anilines is 3. The molecule has 0 fully saturated rings. The molecule has 2 aromatic carbocycles. The lowest BCUT2D eigenvalue weighted by atomic mass is 10.2. The predicted octanol–water partition coefficient (Wildman–Crippen LogP) is 3.59. The molecule has 0 bridgehead atoms. The first kappa shape index (κ1) is 20.8. The number of nitrogens with two attached hydrogens (primary N) is 1. The average Bonchev–Trinajstić information content (AvgIpc) is 2.67. The van der Waals surface area contributed by atoms with Crippen LogP contribution in [0.3, 0.4) is 0 Å². The summed E-state index contributed by atoms with van der Waals surface area (Å²) in [7, 11) is 0. The second-order valence-electron chi connectivity index (χ2n) is 5.71. The predicted molar refractivity (Wildman–Crippen MR) is 96.2 cm³/mol. The summed E-state index contributed by atoms with van der Waals surface area (Å²) in [6.07, 6.45) is -4.83. The van der Waals surface area contributed by atoms with Gasteiger partial charge in [0.05, 0.1) is 5.56 Å². The number of hydrogen-bond acceptors (Lipinski definition) is 8. The Morgan fingerprint density at radius 2 is 1.67 bits per heavy atom. The molecule has 1 heterocycles. The largest absolute Gasteiger partial charge is 0.573 e. The number of ether oxygens (including phenoxy) is 2. The Kier molecular flexibility index (Phi) is 5.95. The molecule has 0 unspecified atom stereocenters. The zero-order valence-electron chi connectivity index (χ0n) is 15.0. The minimum Gasteiger partial charge on any atom is -0.454 e. The molecule has 156 valence electrons. The van der Waals surface area contributed by atoms with Crippen LogP contribution < -0.4 is 15.8 Å². The third-order valence-electron chi connectivity index (χ3n) is 3.46. The highest BCUT2D eigenvalue weighted by molar-refractivity contribution is 5.89. The number of esters is 1. The van der Waals surface area contributed by atoms with Crippen molar-refractivity contribution >= 4 is 23.6 Å². The fourth-order valence-corrected chi connectivity index (χ4v) is 2.23. The molecule has 3 N–H and O–H groups in total. The highest BCUT2D eigenvalue weighted by Crippen LogP contribution is 2.23. The Morgan fingerprint density at radius 3 is 2.30 bits per heavy atom. The number of aromatic nitrogens is 3. The lowest BCUT2D eigenvalue weighted by molar-refractivity contribution is -0.274. The van der Waals surface area contributed by atoms with Crippen molar-refractivity contribution in [1.82, 2.24) is 15.0 Å². The van der Waals surface area contributed by atoms with E-state index in [9.17, 15) is 22.4 Å². The Labute approximate surface area is 166 Å². The van der Waals surface area contributed by atoms with E-state index in [1.807, 2.05) is 0 Å². The van der Waals surface area contributed by atoms with Crippen molar-refractivity contribution < 1.29 is 31.8 Å². The highest BCUT2D eigenvalue weighted by Gasteiger charge is 2.31. The molecular formula is C18H13F4N5O3. The number of rotatable bonds is 6. The van der Waals surface area contributed by atoms with Gasteiger partial charge in [-0.2, -0.15) is 15.0 Å². The van der Waals surface area contributed by atoms with E-state index in [1.165, 1.54) is 24.3 Å². The average molecular weight is 423 g/mol. The maximum atomic E-state index is 13.0. The second-order valence-corrected chi connectivity index (χ2v) is 5.71. The topological polar surface area (TPSA) is 112 Å². The summed E-state index contributed by atoms with van der Waals surface area (Å²) in [5, 5.41) is 2.80. The van der Waals surface area contributed by atoms with Crippen LogP contribution in [0.5, 0.6) is 5.75 Å². The number of carbonyl (C=O) groups excluding carboxylic acids is 1. The molecule has 8 nitrogen and oxygen atoms in total. The molecule has 0 aliphatic carbocycles. The molecule has 0 aliphatic heterocycles. The first-order valence-corrected chi connectivity index (χ1v) is 8.24. The maximum Gasteiger partial charge on any atom is 0.573 e. The van der Waals surface area contributed by atoms with E-state index >= 15 is 0 Å². The molecule has 0 atom stereocenters. The molecule has 0 aliphatic rings. The molecule has 3 aromatic rings. The standard InChI is InChI=1S/C18H13F4N5O3/c19-11-3-5-12(6-4-11)24-17-26-14(25-16(23)27-17)9-29-15(28)10-1-7-13(8-2-10)30-18(20,21)22/h1-8H,9H2,(H3,23,24,25,26,27). The highest BCUT2D eigenvalue weighted by atomic mass is 19.4. The normalized spacial score (nSPS) is 11.1. The van der Waals surface area contributed by atoms with Gasteiger partial charge in [-0.15, -0.1) is 13.2 Å². The summed E-state index contributed by atoms with van der Waals surface area (Å²) in [5.41, 5.74) is 6.10. The van der Waals surface area contributed by atoms with Gasteiger partial charge in [0.15, 0.2) is 12.4 Å². The van der Waals surface area contributed by atoms with Gasteiger partial charge in [0.2, 0.25) is 11.9 Å². The van der Waals surface area contributed by atoms with E-state index in [0.29, 0.717) is 5.69 Å². The lowest BCUT2D eigenvalue weighted by Gasteiger charge is -2.10. The van der Waals surface area contributed by atoms with E-state index in [1.54, 1.807) is 0 Å². The van der Waals surface area contributed by atoms with Gasteiger partial charge in [-0.3, -0.25) is 0 Å². The molecule has 0 saturated carbocycles. The van der Waals surface area contributed by atoms with Crippen molar-refractivity contribution in [1.29, 1.82) is 0 Å². The number of halogens is 4. The van der Waals surface area contributed by atoms with Gasteiger partial charge in [0, 0.05) is 5.69 Å². The molecule has 0 spiro atoms. The van der Waals surface area contributed by atoms with Crippen molar-refractivity contribution in [2.75, 3.05) is 11.1 Å². The number of benzene rings is 2. The molecule has 12 heteroatoms. The van der Waals surface area contributed by atoms with Gasteiger partial charge in [0.25, 0.3) is 0 Å². The van der Waals surface area contributed by atoms with Gasteiger partial charge in [-0.1, -0.05) is 0 Å². The van der Waals surface area contributed by atoms with Crippen LogP contribution in [0, 0.1) is 5.82 Å². The van der Waals surface area contributed by atoms with Gasteiger partial charge < -0.3 is 20.5 Å². The van der Waals surface area contributed by atoms with Crippen LogP contribution in [0.25, 0.3) is 0 Å². The van der Waals surface area contributed by atoms with E-state index in [4.69, 9.17) is 10.5 Å². The van der Waals surface area contributed by atoms with Crippen LogP contribution in [0.4, 0.5) is 35.1 Å². The Balaban J connectivity index is 1.63. The molecule has 30 heavy (non-hydrogen) atoms. The SMILES string of the molecule is Nc1nc(COC(=O)c2ccc(OC(F)(F)F)cc2)nc(Nc2ccc(F)cc2)n1. The molecule has 0 saturated heterocycles. The van der Waals surface area contributed by atoms with Crippen LogP contribution in [0.1, 0.15) is 16.2 Å². The number of nitrogens with one attached hydrogen (secondary N) is 1. The summed E-state index contributed by atoms with van der Waals surface area (Å²) >= 11 is 0. The number of hydrogen-bond donors (Lipinski definition) is 2. The minimum absolute atomic E-state index is 0.00351. The van der Waals surface area contributed by atoms with Crippen molar-refractivity contribution in [3.05, 3.63) is 65.7 Å². The van der Waals surface area contributed by atoms with Crippen molar-refractivity contribution in [2.24, 2.45) is 0 Å². The molecule has 0 radical (unpaired) electrons. The fraction of sp³-hybridized carbons (Fsp3) is 0.111. The van der Waals surface area contributed by atoms with Gasteiger partial charge in [-0.05, 0) is 48.5 Å². The second kappa shape index (κ2) is 8.59. The third kappa shape index (κ3) is 6.02. The Morgan fingerprint density at radius 1 is 1.00 bits per heavy atom. The monoisotopic (exact) mass is 423 g/mol. The molecular weight excluding hydrogens is 410 g/mol. The van der Waals surface area contributed by atoms with E-state index in [0.717, 1.165) is 24.3 Å². The number of nitrogens with zero attached hydrogens (tertiary/aromatic N) is 3. The van der Waals surface area contributed by atoms with Gasteiger partial charge >= 0.3 is 12.3 Å². The summed E-state index contributed by atoms with van der Waals surface area (Å²) in [4.78, 5) is 23.8. The summed E-state index contributed by atoms with van der Waals surface area (Å²) in [6, 6.07) is 9.59. The summed E-state index contributed by atoms with van der Waals surface area (Å²) < 4.78 is 58.2. The minimum atomic E-state index is -4.83.